The molecule has 6 heteroatoms. The van der Waals surface area contributed by atoms with Crippen LogP contribution in [0.1, 0.15) is 23.7 Å². The molecular formula is C19H27FN4O. The lowest BCUT2D eigenvalue weighted by atomic mass is 10.0. The number of nitrogens with one attached hydrogen (secondary N) is 1. The van der Waals surface area contributed by atoms with Gasteiger partial charge in [0.1, 0.15) is 5.82 Å². The highest BCUT2D eigenvalue weighted by Gasteiger charge is 2.24. The van der Waals surface area contributed by atoms with Crippen LogP contribution in [0.15, 0.2) is 36.5 Å². The fraction of sp³-hybridized carbons (Fsp3) is 0.526. The highest BCUT2D eigenvalue weighted by atomic mass is 19.1. The van der Waals surface area contributed by atoms with E-state index in [9.17, 15) is 4.39 Å². The normalized spacial score (nSPS) is 19.4. The molecule has 2 atom stereocenters. The van der Waals surface area contributed by atoms with Crippen LogP contribution in [0.5, 0.6) is 0 Å². The number of halogens is 1. The number of aromatic nitrogens is 2. The van der Waals surface area contributed by atoms with E-state index < -0.39 is 0 Å². The Balaban J connectivity index is 1.64. The van der Waals surface area contributed by atoms with Gasteiger partial charge in [-0.2, -0.15) is 5.10 Å². The van der Waals surface area contributed by atoms with Crippen LogP contribution >= 0.6 is 0 Å². The summed E-state index contributed by atoms with van der Waals surface area (Å²) in [6, 6.07) is 8.68. The topological polar surface area (TPSA) is 42.3 Å². The van der Waals surface area contributed by atoms with Crippen molar-refractivity contribution in [1.29, 1.82) is 0 Å². The molecule has 136 valence electrons. The van der Waals surface area contributed by atoms with Gasteiger partial charge in [0.15, 0.2) is 0 Å². The van der Waals surface area contributed by atoms with Crippen LogP contribution in [0, 0.1) is 11.7 Å². The number of aryl methyl sites for hydroxylation is 1. The molecule has 0 saturated carbocycles. The maximum Gasteiger partial charge on any atom is 0.123 e. The molecule has 3 rings (SSSR count). The number of hydrogen-bond donors (Lipinski definition) is 1. The van der Waals surface area contributed by atoms with Gasteiger partial charge in [0.2, 0.25) is 0 Å². The predicted octanol–water partition coefficient (Wildman–Crippen LogP) is 2.21. The fourth-order valence-electron chi connectivity index (χ4n) is 3.42. The number of methoxy groups -OCH3 is 1. The van der Waals surface area contributed by atoms with Gasteiger partial charge in [-0.15, -0.1) is 0 Å². The maximum absolute atomic E-state index is 13.3. The van der Waals surface area contributed by atoms with E-state index in [0.717, 1.165) is 44.0 Å². The summed E-state index contributed by atoms with van der Waals surface area (Å²) in [5.74, 6) is 0.400. The summed E-state index contributed by atoms with van der Waals surface area (Å²) < 4.78 is 20.2. The Morgan fingerprint density at radius 3 is 2.80 bits per heavy atom. The van der Waals surface area contributed by atoms with Gasteiger partial charge in [-0.25, -0.2) is 4.39 Å². The van der Waals surface area contributed by atoms with Gasteiger partial charge in [-0.1, -0.05) is 12.1 Å². The molecule has 2 aromatic rings. The SMILES string of the molecule is COCCN1CC[C@H](CN[C@H](c2ccc(F)cc2)c2ccn(C)n2)C1. The number of benzene rings is 1. The fourth-order valence-corrected chi connectivity index (χ4v) is 3.42. The van der Waals surface area contributed by atoms with E-state index in [1.807, 2.05) is 31.4 Å². The van der Waals surface area contributed by atoms with Gasteiger partial charge < -0.3 is 15.0 Å². The third-order valence-corrected chi connectivity index (χ3v) is 4.83. The van der Waals surface area contributed by atoms with Crippen LogP contribution in [0.2, 0.25) is 0 Å². The van der Waals surface area contributed by atoms with E-state index in [1.165, 1.54) is 18.6 Å². The maximum atomic E-state index is 13.3. The molecule has 1 aromatic carbocycles. The van der Waals surface area contributed by atoms with Crippen molar-refractivity contribution >= 4 is 0 Å². The summed E-state index contributed by atoms with van der Waals surface area (Å²) in [6.45, 7) is 4.91. The van der Waals surface area contributed by atoms with Crippen molar-refractivity contribution in [2.45, 2.75) is 12.5 Å². The van der Waals surface area contributed by atoms with Gasteiger partial charge in [0, 0.05) is 40.0 Å². The standard InChI is InChI=1S/C19H27FN4O/c1-23-9-8-18(22-23)19(16-3-5-17(20)6-4-16)21-13-15-7-10-24(14-15)11-12-25-2/h3-6,8-9,15,19,21H,7,10-14H2,1-2H3/t15-,19-/m1/s1. The minimum absolute atomic E-state index is 0.0187. The molecule has 0 radical (unpaired) electrons. The van der Waals surface area contributed by atoms with Crippen molar-refractivity contribution in [2.75, 3.05) is 39.9 Å². The molecule has 0 spiro atoms. The third kappa shape index (κ3) is 4.87. The second kappa shape index (κ2) is 8.56. The third-order valence-electron chi connectivity index (χ3n) is 4.83. The molecule has 1 aliphatic heterocycles. The molecule has 5 nitrogen and oxygen atoms in total. The van der Waals surface area contributed by atoms with Gasteiger partial charge in [0.05, 0.1) is 18.3 Å². The summed E-state index contributed by atoms with van der Waals surface area (Å²) in [6.07, 6.45) is 3.13. The predicted molar refractivity (Wildman–Crippen MR) is 95.9 cm³/mol. The Kier molecular flexibility index (Phi) is 6.18. The first-order valence-electron chi connectivity index (χ1n) is 8.85. The summed E-state index contributed by atoms with van der Waals surface area (Å²) in [5.41, 5.74) is 2.00. The lowest BCUT2D eigenvalue weighted by Gasteiger charge is -2.21. The smallest absolute Gasteiger partial charge is 0.123 e. The van der Waals surface area contributed by atoms with E-state index in [1.54, 1.807) is 11.8 Å². The van der Waals surface area contributed by atoms with E-state index >= 15 is 0 Å². The molecule has 0 aliphatic carbocycles. The average molecular weight is 346 g/mol. The zero-order valence-corrected chi connectivity index (χ0v) is 15.0. The van der Waals surface area contributed by atoms with Crippen LogP contribution in [0.4, 0.5) is 4.39 Å². The number of ether oxygens (including phenoxy) is 1. The minimum Gasteiger partial charge on any atom is -0.383 e. The van der Waals surface area contributed by atoms with Gasteiger partial charge in [0.25, 0.3) is 0 Å². The number of nitrogens with zero attached hydrogens (tertiary/aromatic N) is 3. The number of hydrogen-bond acceptors (Lipinski definition) is 4. The Morgan fingerprint density at radius 1 is 1.32 bits per heavy atom. The van der Waals surface area contributed by atoms with Crippen LogP contribution in [-0.4, -0.2) is 54.6 Å². The van der Waals surface area contributed by atoms with Crippen LogP contribution in [0.3, 0.4) is 0 Å². The van der Waals surface area contributed by atoms with Crippen molar-refractivity contribution in [3.05, 3.63) is 53.6 Å². The molecular weight excluding hydrogens is 319 g/mol. The molecule has 0 amide bonds. The minimum atomic E-state index is -0.215. The Bertz CT molecular complexity index is 658. The Hall–Kier alpha value is -1.76. The zero-order chi connectivity index (χ0) is 17.6. The lowest BCUT2D eigenvalue weighted by molar-refractivity contribution is 0.159. The van der Waals surface area contributed by atoms with Crippen molar-refractivity contribution in [3.63, 3.8) is 0 Å². The molecule has 1 aliphatic rings. The summed E-state index contributed by atoms with van der Waals surface area (Å²) in [7, 11) is 3.66. The summed E-state index contributed by atoms with van der Waals surface area (Å²) >= 11 is 0. The second-order valence-electron chi connectivity index (χ2n) is 6.76. The van der Waals surface area contributed by atoms with Crippen LogP contribution < -0.4 is 5.32 Å². The number of likely N-dealkylation sites (tertiary alicyclic amines) is 1. The Morgan fingerprint density at radius 2 is 2.12 bits per heavy atom. The first-order chi connectivity index (χ1) is 12.2. The highest BCUT2D eigenvalue weighted by Crippen LogP contribution is 2.23. The first kappa shape index (κ1) is 18.0. The quantitative estimate of drug-likeness (QED) is 0.796. The van der Waals surface area contributed by atoms with Crippen molar-refractivity contribution in [1.82, 2.24) is 20.0 Å². The molecule has 1 saturated heterocycles. The molecule has 1 fully saturated rings. The second-order valence-corrected chi connectivity index (χ2v) is 6.76. The highest BCUT2D eigenvalue weighted by molar-refractivity contribution is 5.27. The largest absolute Gasteiger partial charge is 0.383 e. The lowest BCUT2D eigenvalue weighted by Crippen LogP contribution is -2.31. The molecule has 25 heavy (non-hydrogen) atoms. The molecule has 2 heterocycles. The van der Waals surface area contributed by atoms with E-state index in [0.29, 0.717) is 5.92 Å². The Labute approximate surface area is 148 Å². The molecule has 1 aromatic heterocycles. The van der Waals surface area contributed by atoms with Crippen LogP contribution in [0.25, 0.3) is 0 Å². The molecule has 1 N–H and O–H groups in total. The van der Waals surface area contributed by atoms with Crippen LogP contribution in [-0.2, 0) is 11.8 Å². The zero-order valence-electron chi connectivity index (χ0n) is 15.0. The average Bonchev–Trinajstić information content (AvgIpc) is 3.24. The van der Waals surface area contributed by atoms with Gasteiger partial charge in [-0.05, 0) is 42.6 Å². The van der Waals surface area contributed by atoms with Gasteiger partial charge >= 0.3 is 0 Å². The van der Waals surface area contributed by atoms with Gasteiger partial charge in [-0.3, -0.25) is 4.68 Å². The van der Waals surface area contributed by atoms with E-state index in [-0.39, 0.29) is 11.9 Å². The monoisotopic (exact) mass is 346 g/mol. The summed E-state index contributed by atoms with van der Waals surface area (Å²) in [4.78, 5) is 2.45. The first-order valence-corrected chi connectivity index (χ1v) is 8.85. The number of rotatable bonds is 8. The summed E-state index contributed by atoms with van der Waals surface area (Å²) in [5, 5.41) is 8.19. The van der Waals surface area contributed by atoms with Crippen molar-refractivity contribution in [2.24, 2.45) is 13.0 Å². The van der Waals surface area contributed by atoms with E-state index in [4.69, 9.17) is 4.74 Å². The molecule has 0 unspecified atom stereocenters. The van der Waals surface area contributed by atoms with Crippen molar-refractivity contribution < 1.29 is 9.13 Å². The molecule has 0 bridgehead atoms. The van der Waals surface area contributed by atoms with E-state index in [2.05, 4.69) is 15.3 Å². The van der Waals surface area contributed by atoms with Crippen molar-refractivity contribution in [3.8, 4) is 0 Å².